The van der Waals surface area contributed by atoms with Gasteiger partial charge in [0.15, 0.2) is 0 Å². The zero-order chi connectivity index (χ0) is 12.5. The monoisotopic (exact) mass is 305 g/mol. The maximum Gasteiger partial charge on any atom is 0.203 e. The molecule has 0 amide bonds. The molecule has 1 aliphatic rings. The van der Waals surface area contributed by atoms with Crippen LogP contribution in [-0.4, -0.2) is 9.55 Å². The lowest BCUT2D eigenvalue weighted by molar-refractivity contribution is 0.742. The highest BCUT2D eigenvalue weighted by atomic mass is 79.9. The van der Waals surface area contributed by atoms with Crippen LogP contribution >= 0.6 is 15.9 Å². The molecule has 0 bridgehead atoms. The second-order valence-electron chi connectivity index (χ2n) is 4.83. The summed E-state index contributed by atoms with van der Waals surface area (Å²) in [5.41, 5.74) is 2.34. The molecule has 1 saturated carbocycles. The van der Waals surface area contributed by atoms with Gasteiger partial charge in [-0.1, -0.05) is 28.1 Å². The molecule has 2 aromatic rings. The van der Waals surface area contributed by atoms with Crippen molar-refractivity contribution in [2.45, 2.75) is 32.4 Å². The standard InChI is InChI=1S/C14H16BrN3/c1-10-9-18(13-5-6-13)14(17-10)16-8-11-3-2-4-12(15)7-11/h2-4,7,9,13H,5-6,8H2,1H3,(H,16,17). The Balaban J connectivity index is 1.73. The molecule has 0 radical (unpaired) electrons. The molecule has 4 heteroatoms. The minimum Gasteiger partial charge on any atom is -0.352 e. The fraction of sp³-hybridized carbons (Fsp3) is 0.357. The molecule has 3 rings (SSSR count). The number of halogens is 1. The van der Waals surface area contributed by atoms with Crippen molar-refractivity contribution in [2.75, 3.05) is 5.32 Å². The zero-order valence-electron chi connectivity index (χ0n) is 10.4. The Morgan fingerprint density at radius 3 is 3.00 bits per heavy atom. The summed E-state index contributed by atoms with van der Waals surface area (Å²) in [7, 11) is 0. The fourth-order valence-electron chi connectivity index (χ4n) is 2.11. The molecule has 0 spiro atoms. The molecule has 0 unspecified atom stereocenters. The summed E-state index contributed by atoms with van der Waals surface area (Å²) in [6.07, 6.45) is 4.70. The first-order valence-electron chi connectivity index (χ1n) is 6.26. The van der Waals surface area contributed by atoms with Gasteiger partial charge in [0.05, 0.1) is 5.69 Å². The van der Waals surface area contributed by atoms with Crippen LogP contribution in [0, 0.1) is 6.92 Å². The van der Waals surface area contributed by atoms with Gasteiger partial charge in [0.1, 0.15) is 0 Å². The Hall–Kier alpha value is -1.29. The van der Waals surface area contributed by atoms with Gasteiger partial charge in [0.2, 0.25) is 5.95 Å². The van der Waals surface area contributed by atoms with Crippen molar-refractivity contribution < 1.29 is 0 Å². The molecular formula is C14H16BrN3. The number of benzene rings is 1. The van der Waals surface area contributed by atoms with E-state index in [1.165, 1.54) is 18.4 Å². The van der Waals surface area contributed by atoms with Gasteiger partial charge in [-0.2, -0.15) is 0 Å². The molecule has 94 valence electrons. The van der Waals surface area contributed by atoms with Crippen molar-refractivity contribution in [1.29, 1.82) is 0 Å². The quantitative estimate of drug-likeness (QED) is 0.928. The fourth-order valence-corrected chi connectivity index (χ4v) is 2.55. The first kappa shape index (κ1) is 11.8. The van der Waals surface area contributed by atoms with Crippen LogP contribution in [0.2, 0.25) is 0 Å². The van der Waals surface area contributed by atoms with Gasteiger partial charge in [0, 0.05) is 23.3 Å². The number of aryl methyl sites for hydroxylation is 1. The highest BCUT2D eigenvalue weighted by molar-refractivity contribution is 9.10. The van der Waals surface area contributed by atoms with E-state index < -0.39 is 0 Å². The van der Waals surface area contributed by atoms with Gasteiger partial charge >= 0.3 is 0 Å². The van der Waals surface area contributed by atoms with Crippen LogP contribution in [0.15, 0.2) is 34.9 Å². The van der Waals surface area contributed by atoms with Crippen molar-refractivity contribution in [3.8, 4) is 0 Å². The minimum absolute atomic E-state index is 0.663. The number of aromatic nitrogens is 2. The number of nitrogens with zero attached hydrogens (tertiary/aromatic N) is 2. The normalized spacial score (nSPS) is 14.8. The number of hydrogen-bond acceptors (Lipinski definition) is 2. The zero-order valence-corrected chi connectivity index (χ0v) is 11.9. The molecule has 0 saturated heterocycles. The maximum absolute atomic E-state index is 4.55. The van der Waals surface area contributed by atoms with Crippen molar-refractivity contribution in [1.82, 2.24) is 9.55 Å². The van der Waals surface area contributed by atoms with Crippen LogP contribution in [0.25, 0.3) is 0 Å². The predicted octanol–water partition coefficient (Wildman–Crippen LogP) is 3.90. The Morgan fingerprint density at radius 2 is 2.28 bits per heavy atom. The van der Waals surface area contributed by atoms with Crippen LogP contribution in [-0.2, 0) is 6.54 Å². The lowest BCUT2D eigenvalue weighted by atomic mass is 10.2. The highest BCUT2D eigenvalue weighted by Gasteiger charge is 2.26. The van der Waals surface area contributed by atoms with Gasteiger partial charge in [-0.3, -0.25) is 0 Å². The Morgan fingerprint density at radius 1 is 1.44 bits per heavy atom. The number of hydrogen-bond donors (Lipinski definition) is 1. The van der Waals surface area contributed by atoms with Crippen molar-refractivity contribution in [2.24, 2.45) is 0 Å². The Kier molecular flexibility index (Phi) is 3.12. The van der Waals surface area contributed by atoms with Gasteiger partial charge < -0.3 is 9.88 Å². The topological polar surface area (TPSA) is 29.9 Å². The molecule has 3 nitrogen and oxygen atoms in total. The number of anilines is 1. The van der Waals surface area contributed by atoms with Crippen LogP contribution in [0.1, 0.15) is 30.1 Å². The lowest BCUT2D eigenvalue weighted by Crippen LogP contribution is -2.06. The number of rotatable bonds is 4. The molecule has 1 aromatic heterocycles. The molecule has 1 aromatic carbocycles. The van der Waals surface area contributed by atoms with E-state index in [0.29, 0.717) is 6.04 Å². The maximum atomic E-state index is 4.55. The minimum atomic E-state index is 0.663. The van der Waals surface area contributed by atoms with Gasteiger partial charge in [-0.15, -0.1) is 0 Å². The average Bonchev–Trinajstić information content (AvgIpc) is 3.11. The lowest BCUT2D eigenvalue weighted by Gasteiger charge is -2.08. The summed E-state index contributed by atoms with van der Waals surface area (Å²) < 4.78 is 3.39. The SMILES string of the molecule is Cc1cn(C2CC2)c(NCc2cccc(Br)c2)n1. The predicted molar refractivity (Wildman–Crippen MR) is 76.7 cm³/mol. The smallest absolute Gasteiger partial charge is 0.203 e. The van der Waals surface area contributed by atoms with Crippen molar-refractivity contribution >= 4 is 21.9 Å². The van der Waals surface area contributed by atoms with E-state index in [0.717, 1.165) is 22.7 Å². The van der Waals surface area contributed by atoms with Crippen LogP contribution in [0.4, 0.5) is 5.95 Å². The van der Waals surface area contributed by atoms with Crippen LogP contribution < -0.4 is 5.32 Å². The van der Waals surface area contributed by atoms with E-state index >= 15 is 0 Å². The molecule has 1 N–H and O–H groups in total. The summed E-state index contributed by atoms with van der Waals surface area (Å²) in [5.74, 6) is 0.995. The summed E-state index contributed by atoms with van der Waals surface area (Å²) in [5, 5.41) is 3.43. The molecule has 0 aliphatic heterocycles. The molecule has 1 fully saturated rings. The number of imidazole rings is 1. The molecule has 0 atom stereocenters. The van der Waals surface area contributed by atoms with Crippen LogP contribution in [0.5, 0.6) is 0 Å². The molecule has 18 heavy (non-hydrogen) atoms. The van der Waals surface area contributed by atoms with E-state index in [1.807, 2.05) is 13.0 Å². The third kappa shape index (κ3) is 2.58. The van der Waals surface area contributed by atoms with Gasteiger partial charge in [-0.25, -0.2) is 4.98 Å². The highest BCUT2D eigenvalue weighted by Crippen LogP contribution is 2.37. The third-order valence-electron chi connectivity index (χ3n) is 3.13. The van der Waals surface area contributed by atoms with Crippen molar-refractivity contribution in [3.05, 3.63) is 46.2 Å². The van der Waals surface area contributed by atoms with Crippen molar-refractivity contribution in [3.63, 3.8) is 0 Å². The Bertz CT molecular complexity index is 558. The largest absolute Gasteiger partial charge is 0.352 e. The second-order valence-corrected chi connectivity index (χ2v) is 5.74. The molecular weight excluding hydrogens is 290 g/mol. The first-order valence-corrected chi connectivity index (χ1v) is 7.05. The average molecular weight is 306 g/mol. The van der Waals surface area contributed by atoms with E-state index in [-0.39, 0.29) is 0 Å². The summed E-state index contributed by atoms with van der Waals surface area (Å²) >= 11 is 3.49. The van der Waals surface area contributed by atoms with E-state index in [1.54, 1.807) is 0 Å². The van der Waals surface area contributed by atoms with Crippen LogP contribution in [0.3, 0.4) is 0 Å². The van der Waals surface area contributed by atoms with Gasteiger partial charge in [0.25, 0.3) is 0 Å². The van der Waals surface area contributed by atoms with E-state index in [4.69, 9.17) is 0 Å². The summed E-state index contributed by atoms with van der Waals surface area (Å²) in [6.45, 7) is 2.85. The Labute approximate surface area is 115 Å². The third-order valence-corrected chi connectivity index (χ3v) is 3.63. The van der Waals surface area contributed by atoms with E-state index in [2.05, 4.69) is 55.2 Å². The van der Waals surface area contributed by atoms with Gasteiger partial charge in [-0.05, 0) is 37.5 Å². The molecule has 1 heterocycles. The molecule has 1 aliphatic carbocycles. The van der Waals surface area contributed by atoms with E-state index in [9.17, 15) is 0 Å². The summed E-state index contributed by atoms with van der Waals surface area (Å²) in [4.78, 5) is 4.55. The second kappa shape index (κ2) is 4.76. The summed E-state index contributed by atoms with van der Waals surface area (Å²) in [6, 6.07) is 9.01. The number of nitrogens with one attached hydrogen (secondary N) is 1. The first-order chi connectivity index (χ1) is 8.72.